The summed E-state index contributed by atoms with van der Waals surface area (Å²) in [6, 6.07) is -0.449. The van der Waals surface area contributed by atoms with Crippen molar-refractivity contribution in [1.29, 1.82) is 0 Å². The average Bonchev–Trinajstić information content (AvgIpc) is 3.38. The van der Waals surface area contributed by atoms with Crippen LogP contribution in [0, 0.1) is 0 Å². The molecule has 0 aliphatic heterocycles. The van der Waals surface area contributed by atoms with Gasteiger partial charge in [0.05, 0.1) is 10.5 Å². The van der Waals surface area contributed by atoms with Gasteiger partial charge in [-0.2, -0.15) is 0 Å². The zero-order chi connectivity index (χ0) is 20.5. The Kier molecular flexibility index (Phi) is 6.71. The van der Waals surface area contributed by atoms with E-state index in [1.54, 1.807) is 20.0 Å². The number of rotatable bonds is 3. The summed E-state index contributed by atoms with van der Waals surface area (Å²) in [5.41, 5.74) is 10.9. The molecule has 0 unspecified atom stereocenters. The number of amides is 2. The number of aliphatic hydroxyl groups is 1. The van der Waals surface area contributed by atoms with Gasteiger partial charge < -0.3 is 16.2 Å². The molecular weight excluding hydrogens is 460 g/mol. The van der Waals surface area contributed by atoms with Crippen LogP contribution in [-0.4, -0.2) is 16.1 Å². The minimum atomic E-state index is -0.800. The molecule has 2 amide bonds. The first-order valence-electron chi connectivity index (χ1n) is 9.19. The molecule has 2 aromatic rings. The van der Waals surface area contributed by atoms with Crippen molar-refractivity contribution in [2.75, 3.05) is 5.32 Å². The van der Waals surface area contributed by atoms with Crippen LogP contribution in [0.3, 0.4) is 0 Å². The number of carbonyl (C=O) groups excluding carboxylic acids is 1. The highest BCUT2D eigenvalue weighted by molar-refractivity contribution is 9.10. The topological polar surface area (TPSA) is 114 Å². The molecule has 0 fully saturated rings. The lowest BCUT2D eigenvalue weighted by Gasteiger charge is -2.17. The zero-order valence-corrected chi connectivity index (χ0v) is 19.2. The number of thiazole rings is 1. The Hall–Kier alpha value is -1.13. The molecule has 4 rings (SSSR count). The van der Waals surface area contributed by atoms with Crippen LogP contribution in [-0.2, 0) is 31.3 Å². The molecular formula is C19H25BrN4O2S2. The van der Waals surface area contributed by atoms with Crippen molar-refractivity contribution in [3.8, 4) is 0 Å². The molecule has 1 aromatic carbocycles. The number of nitrogens with two attached hydrogens (primary N) is 2. The van der Waals surface area contributed by atoms with Crippen LogP contribution >= 0.6 is 39.2 Å². The third-order valence-corrected chi connectivity index (χ3v) is 7.91. The number of urea groups is 1. The highest BCUT2D eigenvalue weighted by Crippen LogP contribution is 2.44. The van der Waals surface area contributed by atoms with E-state index in [9.17, 15) is 9.90 Å². The number of fused-ring (bicyclic) bond motifs is 2. The summed E-state index contributed by atoms with van der Waals surface area (Å²) in [7, 11) is 0. The van der Waals surface area contributed by atoms with Crippen molar-refractivity contribution >= 4 is 50.9 Å². The van der Waals surface area contributed by atoms with Crippen molar-refractivity contribution in [2.45, 2.75) is 62.3 Å². The number of primary amides is 1. The van der Waals surface area contributed by atoms with E-state index in [-0.39, 0.29) is 0 Å². The van der Waals surface area contributed by atoms with Gasteiger partial charge in [0.2, 0.25) is 0 Å². The molecule has 0 atom stereocenters. The standard InChI is InChI=1S/C13H15BrN2O.C6H10N2OS2/c14-11-7-3-1-5-9(7)12(16-13(15)17)10-6-2-4-8(10)11;1-6(2,9)4-3-8-5(10-4)11-7/h1-6H2,(H3,15,16,17);3,9H,7H2,1-2H3. The average molecular weight is 485 g/mol. The van der Waals surface area contributed by atoms with Crippen LogP contribution in [0.25, 0.3) is 0 Å². The lowest BCUT2D eigenvalue weighted by molar-refractivity contribution is 0.0823. The Morgan fingerprint density at radius 1 is 1.21 bits per heavy atom. The normalized spacial score (nSPS) is 14.9. The number of hydrogen-bond acceptors (Lipinski definition) is 6. The zero-order valence-electron chi connectivity index (χ0n) is 16.0. The first kappa shape index (κ1) is 21.6. The third kappa shape index (κ3) is 4.54. The highest BCUT2D eigenvalue weighted by Gasteiger charge is 2.28. The fourth-order valence-corrected chi connectivity index (χ4v) is 5.86. The van der Waals surface area contributed by atoms with Crippen molar-refractivity contribution in [2.24, 2.45) is 10.9 Å². The van der Waals surface area contributed by atoms with E-state index in [1.807, 2.05) is 0 Å². The SMILES string of the molecule is CC(C)(O)c1cnc(SN)s1.NC(=O)Nc1c2c(c(Br)c3c1CCC3)CCC2. The lowest BCUT2D eigenvalue weighted by atomic mass is 9.99. The van der Waals surface area contributed by atoms with Crippen LogP contribution in [0.5, 0.6) is 0 Å². The maximum Gasteiger partial charge on any atom is 0.316 e. The van der Waals surface area contributed by atoms with E-state index < -0.39 is 11.6 Å². The van der Waals surface area contributed by atoms with Crippen molar-refractivity contribution in [3.63, 3.8) is 0 Å². The van der Waals surface area contributed by atoms with Gasteiger partial charge in [-0.15, -0.1) is 11.3 Å². The maximum absolute atomic E-state index is 11.2. The van der Waals surface area contributed by atoms with E-state index in [0.29, 0.717) is 0 Å². The number of nitrogens with zero attached hydrogens (tertiary/aromatic N) is 1. The van der Waals surface area contributed by atoms with Gasteiger partial charge in [0.1, 0.15) is 0 Å². The number of hydrogen-bond donors (Lipinski definition) is 4. The minimum Gasteiger partial charge on any atom is -0.385 e. The van der Waals surface area contributed by atoms with Gasteiger partial charge >= 0.3 is 6.03 Å². The predicted molar refractivity (Wildman–Crippen MR) is 119 cm³/mol. The molecule has 28 heavy (non-hydrogen) atoms. The molecule has 9 heteroatoms. The summed E-state index contributed by atoms with van der Waals surface area (Å²) in [6.45, 7) is 3.46. The van der Waals surface area contributed by atoms with Gasteiger partial charge in [-0.3, -0.25) is 5.14 Å². The fraction of sp³-hybridized carbons (Fsp3) is 0.474. The molecule has 2 aliphatic carbocycles. The van der Waals surface area contributed by atoms with E-state index in [1.165, 1.54) is 50.9 Å². The quantitative estimate of drug-likeness (QED) is 0.486. The van der Waals surface area contributed by atoms with Crippen molar-refractivity contribution < 1.29 is 9.90 Å². The molecule has 0 radical (unpaired) electrons. The number of benzene rings is 1. The van der Waals surface area contributed by atoms with Gasteiger partial charge in [-0.25, -0.2) is 9.78 Å². The van der Waals surface area contributed by atoms with Crippen LogP contribution in [0.4, 0.5) is 10.5 Å². The predicted octanol–water partition coefficient (Wildman–Crippen LogP) is 4.25. The molecule has 2 aliphatic rings. The molecule has 0 saturated heterocycles. The smallest absolute Gasteiger partial charge is 0.316 e. The first-order chi connectivity index (χ1) is 13.2. The largest absolute Gasteiger partial charge is 0.385 e. The molecule has 0 bridgehead atoms. The van der Waals surface area contributed by atoms with Crippen LogP contribution in [0.1, 0.15) is 53.8 Å². The fourth-order valence-electron chi connectivity index (χ4n) is 3.76. The molecule has 6 nitrogen and oxygen atoms in total. The van der Waals surface area contributed by atoms with Crippen molar-refractivity contribution in [1.82, 2.24) is 4.98 Å². The third-order valence-electron chi connectivity index (χ3n) is 5.01. The van der Waals surface area contributed by atoms with Gasteiger partial charge in [-0.05, 0) is 86.6 Å². The summed E-state index contributed by atoms with van der Waals surface area (Å²) in [4.78, 5) is 16.0. The van der Waals surface area contributed by atoms with E-state index >= 15 is 0 Å². The molecule has 6 N–H and O–H groups in total. The lowest BCUT2D eigenvalue weighted by Crippen LogP contribution is -2.21. The van der Waals surface area contributed by atoms with Gasteiger partial charge in [0, 0.05) is 16.4 Å². The van der Waals surface area contributed by atoms with Crippen LogP contribution in [0.2, 0.25) is 0 Å². The Bertz CT molecular complexity index is 858. The highest BCUT2D eigenvalue weighted by atomic mass is 79.9. The van der Waals surface area contributed by atoms with E-state index in [4.69, 9.17) is 10.9 Å². The summed E-state index contributed by atoms with van der Waals surface area (Å²) >= 11 is 6.26. The minimum absolute atomic E-state index is 0.449. The monoisotopic (exact) mass is 484 g/mol. The maximum atomic E-state index is 11.2. The molecule has 0 saturated carbocycles. The summed E-state index contributed by atoms with van der Waals surface area (Å²) < 4.78 is 2.06. The van der Waals surface area contributed by atoms with E-state index in [2.05, 4.69) is 26.2 Å². The Balaban J connectivity index is 0.000000178. The van der Waals surface area contributed by atoms with Gasteiger partial charge in [0.15, 0.2) is 4.34 Å². The Morgan fingerprint density at radius 3 is 2.14 bits per heavy atom. The number of aromatic nitrogens is 1. The van der Waals surface area contributed by atoms with Gasteiger partial charge in [-0.1, -0.05) is 15.9 Å². The second-order valence-corrected chi connectivity index (χ2v) is 10.2. The van der Waals surface area contributed by atoms with Gasteiger partial charge in [0.25, 0.3) is 0 Å². The number of nitrogens with one attached hydrogen (secondary N) is 1. The number of halogens is 1. The molecule has 1 heterocycles. The van der Waals surface area contributed by atoms with E-state index in [0.717, 1.165) is 52.5 Å². The molecule has 0 spiro atoms. The summed E-state index contributed by atoms with van der Waals surface area (Å²) in [5.74, 6) is 0. The summed E-state index contributed by atoms with van der Waals surface area (Å²) in [5, 5.41) is 17.7. The van der Waals surface area contributed by atoms with Crippen LogP contribution < -0.4 is 16.2 Å². The number of carbonyl (C=O) groups is 1. The first-order valence-corrected chi connectivity index (χ1v) is 11.7. The second-order valence-electron chi connectivity index (χ2n) is 7.47. The van der Waals surface area contributed by atoms with Crippen LogP contribution in [0.15, 0.2) is 15.0 Å². The Morgan fingerprint density at radius 2 is 1.75 bits per heavy atom. The molecule has 1 aromatic heterocycles. The van der Waals surface area contributed by atoms with Crippen molar-refractivity contribution in [3.05, 3.63) is 37.8 Å². The summed E-state index contributed by atoms with van der Waals surface area (Å²) in [6.07, 6.45) is 8.31. The Labute approximate surface area is 181 Å². The number of anilines is 1. The second kappa shape index (κ2) is 8.71. The molecule has 152 valence electrons.